The first kappa shape index (κ1) is 49.6. The van der Waals surface area contributed by atoms with Gasteiger partial charge in [0.1, 0.15) is 34.1 Å². The van der Waals surface area contributed by atoms with Gasteiger partial charge in [-0.1, -0.05) is 32.9 Å². The Morgan fingerprint density at radius 3 is 2.21 bits per heavy atom. The van der Waals surface area contributed by atoms with E-state index < -0.39 is 29.4 Å². The number of hydrogen-bond donors (Lipinski definition) is 3. The molecule has 0 saturated heterocycles. The van der Waals surface area contributed by atoms with Gasteiger partial charge in [0.15, 0.2) is 17.5 Å². The largest absolute Gasteiger partial charge is 0.495 e. The number of rotatable bonds is 17. The molecule has 0 saturated carbocycles. The number of carbonyl (C=O) groups is 4. The molecule has 0 bridgehead atoms. The Kier molecular flexibility index (Phi) is 15.1. The third kappa shape index (κ3) is 10.6. The fourth-order valence-corrected chi connectivity index (χ4v) is 7.47. The van der Waals surface area contributed by atoms with E-state index in [1.54, 1.807) is 69.2 Å². The number of aryl methyl sites for hydroxylation is 4. The second kappa shape index (κ2) is 20.8. The monoisotopic (exact) mass is 933 g/mol. The first-order valence-corrected chi connectivity index (χ1v) is 22.3. The summed E-state index contributed by atoms with van der Waals surface area (Å²) < 4.78 is 28.7. The summed E-state index contributed by atoms with van der Waals surface area (Å²) in [5, 5.41) is 8.65. The molecule has 21 heteroatoms. The SMILES string of the molecule is CC.CCc1nc(C)oc1C(=O)Nc1nc2cc(C(N)=O)cc(OCCCN(C)C(=O)OC(C)(C)C)c2n1C/C=C/Cn1c2nc(-c3nc(C)nn3CC)ncc2c2cc(C(N)=O)cc(OC)c21. The minimum atomic E-state index is -0.710. The van der Waals surface area contributed by atoms with E-state index in [2.05, 4.69) is 25.4 Å². The van der Waals surface area contributed by atoms with Crippen LogP contribution in [0.4, 0.5) is 10.7 Å². The fraction of sp³-hybridized carbons (Fsp3) is 0.404. The Bertz CT molecular complexity index is 3040. The average Bonchev–Trinajstić information content (AvgIpc) is 4.06. The molecule has 0 radical (unpaired) electrons. The van der Waals surface area contributed by atoms with Crippen LogP contribution in [0.2, 0.25) is 0 Å². The van der Waals surface area contributed by atoms with Crippen molar-refractivity contribution in [2.24, 2.45) is 11.5 Å². The van der Waals surface area contributed by atoms with Crippen LogP contribution >= 0.6 is 0 Å². The van der Waals surface area contributed by atoms with Crippen LogP contribution in [0.1, 0.15) is 104 Å². The Balaban J connectivity index is 0.00000376. The number of allylic oxidation sites excluding steroid dienone is 2. The summed E-state index contributed by atoms with van der Waals surface area (Å²) in [4.78, 5) is 76.2. The number of carbonyl (C=O) groups excluding carboxylic acids is 4. The minimum Gasteiger partial charge on any atom is -0.495 e. The van der Waals surface area contributed by atoms with Gasteiger partial charge in [0.05, 0.1) is 30.4 Å². The smallest absolute Gasteiger partial charge is 0.410 e. The summed E-state index contributed by atoms with van der Waals surface area (Å²) in [5.74, 6) is 0.666. The molecule has 4 amide bonds. The van der Waals surface area contributed by atoms with E-state index in [0.29, 0.717) is 93.7 Å². The van der Waals surface area contributed by atoms with Crippen molar-refractivity contribution in [3.8, 4) is 23.1 Å². The predicted molar refractivity (Wildman–Crippen MR) is 256 cm³/mol. The highest BCUT2D eigenvalue weighted by Crippen LogP contribution is 2.37. The molecular weight excluding hydrogens is 875 g/mol. The molecular formula is C47H59N13O8. The van der Waals surface area contributed by atoms with Crippen molar-refractivity contribution in [1.29, 1.82) is 0 Å². The van der Waals surface area contributed by atoms with Crippen LogP contribution in [0.15, 0.2) is 47.0 Å². The summed E-state index contributed by atoms with van der Waals surface area (Å²) >= 11 is 0. The average molecular weight is 934 g/mol. The fourth-order valence-electron chi connectivity index (χ4n) is 7.47. The highest BCUT2D eigenvalue weighted by atomic mass is 16.6. The van der Waals surface area contributed by atoms with Crippen molar-refractivity contribution in [2.75, 3.05) is 32.6 Å². The van der Waals surface area contributed by atoms with Gasteiger partial charge in [0.25, 0.3) is 5.91 Å². The van der Waals surface area contributed by atoms with Gasteiger partial charge in [-0.2, -0.15) is 5.10 Å². The molecule has 360 valence electrons. The van der Waals surface area contributed by atoms with Crippen LogP contribution in [0.5, 0.6) is 11.5 Å². The lowest BCUT2D eigenvalue weighted by Crippen LogP contribution is -2.35. The highest BCUT2D eigenvalue weighted by Gasteiger charge is 2.25. The molecule has 5 aromatic heterocycles. The van der Waals surface area contributed by atoms with Crippen LogP contribution in [0, 0.1) is 13.8 Å². The zero-order valence-electron chi connectivity index (χ0n) is 40.4. The molecule has 21 nitrogen and oxygen atoms in total. The maximum Gasteiger partial charge on any atom is 0.410 e. The molecule has 0 aliphatic rings. The van der Waals surface area contributed by atoms with Crippen LogP contribution < -0.4 is 26.3 Å². The number of nitrogens with zero attached hydrogens (tertiary/aromatic N) is 10. The molecule has 7 rings (SSSR count). The van der Waals surface area contributed by atoms with E-state index >= 15 is 0 Å². The van der Waals surface area contributed by atoms with E-state index in [9.17, 15) is 19.2 Å². The van der Waals surface area contributed by atoms with Crippen molar-refractivity contribution in [1.82, 2.24) is 48.7 Å². The van der Waals surface area contributed by atoms with Crippen molar-refractivity contribution in [2.45, 2.75) is 100 Å². The topological polar surface area (TPSA) is 269 Å². The Labute approximate surface area is 392 Å². The first-order valence-electron chi connectivity index (χ1n) is 22.3. The van der Waals surface area contributed by atoms with Gasteiger partial charge in [0.2, 0.25) is 23.5 Å². The summed E-state index contributed by atoms with van der Waals surface area (Å²) in [6.07, 6.45) is 5.83. The predicted octanol–water partition coefficient (Wildman–Crippen LogP) is 6.76. The molecule has 0 fully saturated rings. The summed E-state index contributed by atoms with van der Waals surface area (Å²) in [6.45, 7) is 18.0. The standard InChI is InChI=1S/C45H53N13O8.C2H6/c1-10-30-36(65-25(4)50-30)42(61)53-43-51-31-20-27(38(47)60)22-33(64-18-14-15-55(8)44(62)66-45(5,6)7)35(31)57(43)17-13-12-16-56-34-28(19-26(37(46)59)21-32(34)63-9)29-23-48-39(52-40(29)56)41-49-24(3)54-58(41)11-2;1-2/h12-13,19-23H,10-11,14-18H2,1-9H3,(H2,46,59)(H2,47,60)(H,51,53,61);1-2H3/b13-12+;. The normalized spacial score (nSPS) is 11.6. The number of nitrogens with one attached hydrogen (secondary N) is 1. The number of ether oxygens (including phenoxy) is 3. The van der Waals surface area contributed by atoms with E-state index in [1.165, 1.54) is 24.1 Å². The van der Waals surface area contributed by atoms with Crippen molar-refractivity contribution in [3.63, 3.8) is 0 Å². The highest BCUT2D eigenvalue weighted by molar-refractivity contribution is 6.12. The summed E-state index contributed by atoms with van der Waals surface area (Å²) in [6, 6.07) is 6.32. The van der Waals surface area contributed by atoms with Gasteiger partial charge in [-0.25, -0.2) is 34.4 Å². The number of oxazole rings is 1. The Morgan fingerprint density at radius 2 is 1.56 bits per heavy atom. The van der Waals surface area contributed by atoms with Crippen molar-refractivity contribution >= 4 is 62.7 Å². The van der Waals surface area contributed by atoms with Crippen LogP contribution in [0.3, 0.4) is 0 Å². The zero-order valence-corrected chi connectivity index (χ0v) is 40.4. The number of hydrogen-bond acceptors (Lipinski definition) is 14. The number of anilines is 1. The molecule has 2 aromatic carbocycles. The van der Waals surface area contributed by atoms with Gasteiger partial charge in [-0.05, 0) is 71.7 Å². The van der Waals surface area contributed by atoms with E-state index in [-0.39, 0.29) is 48.3 Å². The molecule has 0 aliphatic carbocycles. The van der Waals surface area contributed by atoms with Crippen LogP contribution in [0.25, 0.3) is 44.6 Å². The van der Waals surface area contributed by atoms with E-state index in [1.807, 2.05) is 44.4 Å². The second-order valence-corrected chi connectivity index (χ2v) is 16.4. The minimum absolute atomic E-state index is 0.0427. The van der Waals surface area contributed by atoms with Gasteiger partial charge < -0.3 is 44.1 Å². The Morgan fingerprint density at radius 1 is 0.882 bits per heavy atom. The number of imidazole rings is 1. The summed E-state index contributed by atoms with van der Waals surface area (Å²) in [5.41, 5.74) is 13.7. The second-order valence-electron chi connectivity index (χ2n) is 16.4. The van der Waals surface area contributed by atoms with Gasteiger partial charge in [0, 0.05) is 68.2 Å². The molecule has 0 unspecified atom stereocenters. The first-order chi connectivity index (χ1) is 32.4. The van der Waals surface area contributed by atoms with Crippen LogP contribution in [-0.4, -0.2) is 105 Å². The number of primary amides is 2. The van der Waals surface area contributed by atoms with Crippen molar-refractivity contribution in [3.05, 3.63) is 76.9 Å². The van der Waals surface area contributed by atoms with E-state index in [0.717, 1.165) is 0 Å². The zero-order chi connectivity index (χ0) is 49.6. The Hall–Kier alpha value is -7.84. The van der Waals surface area contributed by atoms with Crippen LogP contribution in [-0.2, 0) is 30.8 Å². The van der Waals surface area contributed by atoms with Gasteiger partial charge in [-0.15, -0.1) is 0 Å². The molecule has 0 atom stereocenters. The maximum atomic E-state index is 13.8. The maximum absolute atomic E-state index is 13.8. The van der Waals surface area contributed by atoms with Gasteiger partial charge >= 0.3 is 6.09 Å². The number of fused-ring (bicyclic) bond motifs is 4. The molecule has 5 N–H and O–H groups in total. The molecule has 0 aliphatic heterocycles. The molecule has 7 aromatic rings. The third-order valence-corrected chi connectivity index (χ3v) is 10.4. The van der Waals surface area contributed by atoms with Crippen molar-refractivity contribution < 1.29 is 37.8 Å². The lowest BCUT2D eigenvalue weighted by Gasteiger charge is -2.24. The molecule has 68 heavy (non-hydrogen) atoms. The lowest BCUT2D eigenvalue weighted by molar-refractivity contribution is 0.0291. The molecule has 0 spiro atoms. The number of nitrogens with two attached hydrogens (primary N) is 2. The number of amides is 4. The number of aromatic nitrogens is 9. The lowest BCUT2D eigenvalue weighted by atomic mass is 10.1. The number of benzene rings is 2. The third-order valence-electron chi connectivity index (χ3n) is 10.4. The van der Waals surface area contributed by atoms with E-state index in [4.69, 9.17) is 40.1 Å². The van der Waals surface area contributed by atoms with Gasteiger partial charge in [-0.3, -0.25) is 19.7 Å². The quantitative estimate of drug-likeness (QED) is 0.0629. The molecule has 5 heterocycles. The number of methoxy groups -OCH3 is 1. The summed E-state index contributed by atoms with van der Waals surface area (Å²) in [7, 11) is 3.14.